The third-order valence-electron chi connectivity index (χ3n) is 4.81. The standard InChI is InChI=1S/C17H25NO/c18-17-11-15(19-12-13-5-4-6-13)9-10-16(17)14-7-2-1-3-8-14/h9-11,13-14H,1-8,12,18H2. The van der Waals surface area contributed by atoms with Crippen molar-refractivity contribution in [1.29, 1.82) is 0 Å². The van der Waals surface area contributed by atoms with Crippen molar-refractivity contribution in [3.63, 3.8) is 0 Å². The Labute approximate surface area is 116 Å². The minimum atomic E-state index is 0.675. The molecule has 2 nitrogen and oxygen atoms in total. The van der Waals surface area contributed by atoms with Crippen molar-refractivity contribution in [2.75, 3.05) is 12.3 Å². The number of anilines is 1. The summed E-state index contributed by atoms with van der Waals surface area (Å²) in [5.41, 5.74) is 8.50. The SMILES string of the molecule is Nc1cc(OCC2CCC2)ccc1C1CCCCC1. The van der Waals surface area contributed by atoms with Crippen LogP contribution in [0, 0.1) is 5.92 Å². The molecule has 0 atom stereocenters. The molecule has 2 aliphatic carbocycles. The zero-order chi connectivity index (χ0) is 13.1. The predicted molar refractivity (Wildman–Crippen MR) is 79.5 cm³/mol. The van der Waals surface area contributed by atoms with Crippen molar-refractivity contribution in [1.82, 2.24) is 0 Å². The second-order valence-corrected chi connectivity index (χ2v) is 6.23. The van der Waals surface area contributed by atoms with Crippen molar-refractivity contribution in [3.05, 3.63) is 23.8 Å². The minimum absolute atomic E-state index is 0.675. The van der Waals surface area contributed by atoms with Gasteiger partial charge in [0.05, 0.1) is 6.61 Å². The Morgan fingerprint density at radius 2 is 1.79 bits per heavy atom. The van der Waals surface area contributed by atoms with Crippen LogP contribution in [0.15, 0.2) is 18.2 Å². The van der Waals surface area contributed by atoms with E-state index >= 15 is 0 Å². The van der Waals surface area contributed by atoms with E-state index in [0.717, 1.165) is 24.0 Å². The molecule has 19 heavy (non-hydrogen) atoms. The lowest BCUT2D eigenvalue weighted by Gasteiger charge is -2.26. The Kier molecular flexibility index (Phi) is 3.95. The summed E-state index contributed by atoms with van der Waals surface area (Å²) in [5.74, 6) is 2.40. The third-order valence-corrected chi connectivity index (χ3v) is 4.81. The van der Waals surface area contributed by atoms with E-state index < -0.39 is 0 Å². The summed E-state index contributed by atoms with van der Waals surface area (Å²) in [4.78, 5) is 0. The monoisotopic (exact) mass is 259 g/mol. The average Bonchev–Trinajstić information content (AvgIpc) is 2.38. The van der Waals surface area contributed by atoms with Crippen LogP contribution in [0.2, 0.25) is 0 Å². The zero-order valence-corrected chi connectivity index (χ0v) is 11.7. The Bertz CT molecular complexity index is 419. The van der Waals surface area contributed by atoms with Crippen molar-refractivity contribution < 1.29 is 4.74 Å². The lowest BCUT2D eigenvalue weighted by atomic mass is 9.83. The Morgan fingerprint density at radius 3 is 2.42 bits per heavy atom. The molecular weight excluding hydrogens is 234 g/mol. The first kappa shape index (κ1) is 12.8. The maximum atomic E-state index is 6.23. The summed E-state index contributed by atoms with van der Waals surface area (Å²) in [5, 5.41) is 0. The van der Waals surface area contributed by atoms with Crippen LogP contribution in [-0.2, 0) is 0 Å². The molecule has 0 aliphatic heterocycles. The molecule has 0 amide bonds. The van der Waals surface area contributed by atoms with Gasteiger partial charge in [-0.15, -0.1) is 0 Å². The molecule has 2 aliphatic rings. The van der Waals surface area contributed by atoms with E-state index in [4.69, 9.17) is 10.5 Å². The number of hydrogen-bond acceptors (Lipinski definition) is 2. The van der Waals surface area contributed by atoms with E-state index in [9.17, 15) is 0 Å². The van der Waals surface area contributed by atoms with Crippen molar-refractivity contribution in [3.8, 4) is 5.75 Å². The van der Waals surface area contributed by atoms with Crippen LogP contribution in [0.3, 0.4) is 0 Å². The lowest BCUT2D eigenvalue weighted by Crippen LogP contribution is -2.19. The van der Waals surface area contributed by atoms with Gasteiger partial charge in [0.15, 0.2) is 0 Å². The molecule has 2 saturated carbocycles. The maximum absolute atomic E-state index is 6.23. The molecule has 0 spiro atoms. The summed E-state index contributed by atoms with van der Waals surface area (Å²) in [6, 6.07) is 6.34. The smallest absolute Gasteiger partial charge is 0.121 e. The first-order chi connectivity index (χ1) is 9.33. The highest BCUT2D eigenvalue weighted by atomic mass is 16.5. The molecule has 2 heteroatoms. The Morgan fingerprint density at radius 1 is 1.00 bits per heavy atom. The van der Waals surface area contributed by atoms with Gasteiger partial charge >= 0.3 is 0 Å². The van der Waals surface area contributed by atoms with Crippen molar-refractivity contribution in [2.24, 2.45) is 5.92 Å². The molecule has 2 N–H and O–H groups in total. The maximum Gasteiger partial charge on any atom is 0.121 e. The number of ether oxygens (including phenoxy) is 1. The van der Waals surface area contributed by atoms with Gasteiger partial charge in [0.25, 0.3) is 0 Å². The molecule has 104 valence electrons. The number of benzene rings is 1. The van der Waals surface area contributed by atoms with Gasteiger partial charge in [0, 0.05) is 11.8 Å². The fourth-order valence-electron chi connectivity index (χ4n) is 3.30. The van der Waals surface area contributed by atoms with E-state index in [1.807, 2.05) is 6.07 Å². The largest absolute Gasteiger partial charge is 0.493 e. The second kappa shape index (κ2) is 5.85. The van der Waals surface area contributed by atoms with Crippen LogP contribution in [0.4, 0.5) is 5.69 Å². The summed E-state index contributed by atoms with van der Waals surface area (Å²) in [6.07, 6.45) is 10.7. The first-order valence-corrected chi connectivity index (χ1v) is 7.85. The topological polar surface area (TPSA) is 35.2 Å². The van der Waals surface area contributed by atoms with Crippen LogP contribution >= 0.6 is 0 Å². The molecular formula is C17H25NO. The second-order valence-electron chi connectivity index (χ2n) is 6.23. The quantitative estimate of drug-likeness (QED) is 0.808. The van der Waals surface area contributed by atoms with E-state index in [1.54, 1.807) is 0 Å². The van der Waals surface area contributed by atoms with E-state index in [0.29, 0.717) is 5.92 Å². The van der Waals surface area contributed by atoms with Gasteiger partial charge in [-0.05, 0) is 49.1 Å². The van der Waals surface area contributed by atoms with Gasteiger partial charge in [0.2, 0.25) is 0 Å². The lowest BCUT2D eigenvalue weighted by molar-refractivity contribution is 0.180. The van der Waals surface area contributed by atoms with Crippen LogP contribution < -0.4 is 10.5 Å². The van der Waals surface area contributed by atoms with E-state index in [-0.39, 0.29) is 0 Å². The molecule has 0 aromatic heterocycles. The van der Waals surface area contributed by atoms with Crippen LogP contribution in [0.25, 0.3) is 0 Å². The summed E-state index contributed by atoms with van der Waals surface area (Å²) >= 11 is 0. The molecule has 0 bridgehead atoms. The molecule has 3 rings (SSSR count). The minimum Gasteiger partial charge on any atom is -0.493 e. The number of nitrogen functional groups attached to an aromatic ring is 1. The fraction of sp³-hybridized carbons (Fsp3) is 0.647. The van der Waals surface area contributed by atoms with Gasteiger partial charge in [-0.1, -0.05) is 31.7 Å². The molecule has 0 unspecified atom stereocenters. The van der Waals surface area contributed by atoms with E-state index in [2.05, 4.69) is 12.1 Å². The van der Waals surface area contributed by atoms with Crippen molar-refractivity contribution in [2.45, 2.75) is 57.3 Å². The molecule has 0 saturated heterocycles. The fourth-order valence-corrected chi connectivity index (χ4v) is 3.30. The molecule has 0 radical (unpaired) electrons. The van der Waals surface area contributed by atoms with Gasteiger partial charge in [0.1, 0.15) is 5.75 Å². The highest BCUT2D eigenvalue weighted by molar-refractivity contribution is 5.53. The van der Waals surface area contributed by atoms with Crippen molar-refractivity contribution >= 4 is 5.69 Å². The van der Waals surface area contributed by atoms with Gasteiger partial charge in [-0.2, -0.15) is 0 Å². The highest BCUT2D eigenvalue weighted by Gasteiger charge is 2.19. The normalized spacial score (nSPS) is 21.1. The average molecular weight is 259 g/mol. The Hall–Kier alpha value is -1.18. The highest BCUT2D eigenvalue weighted by Crippen LogP contribution is 2.37. The number of hydrogen-bond donors (Lipinski definition) is 1. The number of rotatable bonds is 4. The predicted octanol–water partition coefficient (Wildman–Crippen LogP) is 4.50. The van der Waals surface area contributed by atoms with Crippen LogP contribution in [-0.4, -0.2) is 6.61 Å². The van der Waals surface area contributed by atoms with E-state index in [1.165, 1.54) is 56.9 Å². The summed E-state index contributed by atoms with van der Waals surface area (Å²) < 4.78 is 5.85. The number of nitrogens with two attached hydrogens (primary N) is 1. The molecule has 1 aromatic rings. The molecule has 1 aromatic carbocycles. The van der Waals surface area contributed by atoms with Gasteiger partial charge in [-0.25, -0.2) is 0 Å². The summed E-state index contributed by atoms with van der Waals surface area (Å²) in [7, 11) is 0. The Balaban J connectivity index is 1.62. The zero-order valence-electron chi connectivity index (χ0n) is 11.7. The molecule has 2 fully saturated rings. The first-order valence-electron chi connectivity index (χ1n) is 7.85. The summed E-state index contributed by atoms with van der Waals surface area (Å²) in [6.45, 7) is 0.863. The van der Waals surface area contributed by atoms with Crippen LogP contribution in [0.5, 0.6) is 5.75 Å². The van der Waals surface area contributed by atoms with Crippen LogP contribution in [0.1, 0.15) is 62.8 Å². The van der Waals surface area contributed by atoms with Gasteiger partial charge in [-0.3, -0.25) is 0 Å². The third kappa shape index (κ3) is 3.05. The molecule has 0 heterocycles. The van der Waals surface area contributed by atoms with Gasteiger partial charge < -0.3 is 10.5 Å².